The fourth-order valence-corrected chi connectivity index (χ4v) is 2.73. The van der Waals surface area contributed by atoms with Gasteiger partial charge in [0.25, 0.3) is 0 Å². The first-order chi connectivity index (χ1) is 9.88. The standard InChI is InChI=1S/C16H17NO2S/c1-2-10-18-14-8-6-12(7-9-14)15-5-3-4-13-11-17-20-19-16(13)15/h3-9,17H,2,10-11H2,1H3. The molecule has 0 aliphatic carbocycles. The highest BCUT2D eigenvalue weighted by atomic mass is 32.2. The molecule has 0 bridgehead atoms. The van der Waals surface area contributed by atoms with Crippen molar-refractivity contribution in [2.75, 3.05) is 6.61 Å². The van der Waals surface area contributed by atoms with Gasteiger partial charge in [-0.25, -0.2) is 4.72 Å². The Kier molecular flexibility index (Phi) is 4.14. The third-order valence-electron chi connectivity index (χ3n) is 3.18. The molecule has 3 rings (SSSR count). The molecule has 0 saturated carbocycles. The quantitative estimate of drug-likeness (QED) is 0.675. The molecule has 104 valence electrons. The second kappa shape index (κ2) is 6.20. The highest BCUT2D eigenvalue weighted by molar-refractivity contribution is 7.93. The van der Waals surface area contributed by atoms with Crippen LogP contribution in [-0.2, 0) is 6.54 Å². The predicted octanol–water partition coefficient (Wildman–Crippen LogP) is 4.19. The number of ether oxygens (including phenoxy) is 1. The molecule has 1 heterocycles. The molecule has 1 aliphatic heterocycles. The summed E-state index contributed by atoms with van der Waals surface area (Å²) in [6, 6.07) is 14.4. The smallest absolute Gasteiger partial charge is 0.151 e. The van der Waals surface area contributed by atoms with Gasteiger partial charge in [-0.05, 0) is 24.1 Å². The molecule has 1 aliphatic rings. The third kappa shape index (κ3) is 2.76. The van der Waals surface area contributed by atoms with E-state index in [9.17, 15) is 0 Å². The zero-order chi connectivity index (χ0) is 13.8. The molecule has 2 aromatic carbocycles. The molecule has 20 heavy (non-hydrogen) atoms. The normalized spacial score (nSPS) is 13.4. The lowest BCUT2D eigenvalue weighted by atomic mass is 10.0. The van der Waals surface area contributed by atoms with Gasteiger partial charge in [0.2, 0.25) is 0 Å². The number of hydrogen-bond donors (Lipinski definition) is 1. The Morgan fingerprint density at radius 2 is 2.05 bits per heavy atom. The average Bonchev–Trinajstić information content (AvgIpc) is 2.53. The van der Waals surface area contributed by atoms with Crippen LogP contribution in [0.2, 0.25) is 0 Å². The zero-order valence-corrected chi connectivity index (χ0v) is 12.2. The summed E-state index contributed by atoms with van der Waals surface area (Å²) in [6.07, 6.45) is 1.02. The van der Waals surface area contributed by atoms with Crippen LogP contribution in [0.15, 0.2) is 42.5 Å². The Morgan fingerprint density at radius 1 is 1.20 bits per heavy atom. The lowest BCUT2D eigenvalue weighted by Crippen LogP contribution is -2.12. The maximum atomic E-state index is 5.68. The van der Waals surface area contributed by atoms with Crippen molar-refractivity contribution in [1.82, 2.24) is 4.72 Å². The minimum atomic E-state index is 0.755. The van der Waals surface area contributed by atoms with E-state index >= 15 is 0 Å². The van der Waals surface area contributed by atoms with Crippen LogP contribution in [-0.4, -0.2) is 6.61 Å². The number of benzene rings is 2. The molecule has 0 fully saturated rings. The summed E-state index contributed by atoms with van der Waals surface area (Å²) in [6.45, 7) is 3.69. The molecule has 4 heteroatoms. The number of hydrogen-bond acceptors (Lipinski definition) is 4. The SMILES string of the molecule is CCCOc1ccc(-c2cccc3c2OSNC3)cc1. The fraction of sp³-hybridized carbons (Fsp3) is 0.250. The molecule has 1 N–H and O–H groups in total. The van der Waals surface area contributed by atoms with Crippen molar-refractivity contribution in [1.29, 1.82) is 0 Å². The van der Waals surface area contributed by atoms with Crippen molar-refractivity contribution in [3.05, 3.63) is 48.0 Å². The van der Waals surface area contributed by atoms with Crippen LogP contribution < -0.4 is 13.6 Å². The minimum absolute atomic E-state index is 0.755. The van der Waals surface area contributed by atoms with E-state index in [1.54, 1.807) is 0 Å². The van der Waals surface area contributed by atoms with E-state index < -0.39 is 0 Å². The van der Waals surface area contributed by atoms with Crippen molar-refractivity contribution >= 4 is 12.2 Å². The van der Waals surface area contributed by atoms with Gasteiger partial charge in [0.15, 0.2) is 5.75 Å². The van der Waals surface area contributed by atoms with Crippen LogP contribution in [0, 0.1) is 0 Å². The lowest BCUT2D eigenvalue weighted by Gasteiger charge is -2.19. The van der Waals surface area contributed by atoms with Gasteiger partial charge in [-0.1, -0.05) is 37.3 Å². The summed E-state index contributed by atoms with van der Waals surface area (Å²) in [4.78, 5) is 0. The molecule has 0 spiro atoms. The predicted molar refractivity (Wildman–Crippen MR) is 82.7 cm³/mol. The van der Waals surface area contributed by atoms with Crippen LogP contribution >= 0.6 is 12.2 Å². The first kappa shape index (κ1) is 13.3. The number of para-hydroxylation sites is 1. The summed E-state index contributed by atoms with van der Waals surface area (Å²) in [5, 5.41) is 0. The van der Waals surface area contributed by atoms with Gasteiger partial charge in [0.1, 0.15) is 18.0 Å². The second-order valence-electron chi connectivity index (χ2n) is 4.65. The van der Waals surface area contributed by atoms with E-state index in [2.05, 4.69) is 42.0 Å². The van der Waals surface area contributed by atoms with E-state index in [1.165, 1.54) is 17.8 Å². The number of rotatable bonds is 4. The topological polar surface area (TPSA) is 30.5 Å². The largest absolute Gasteiger partial charge is 0.494 e. The maximum absolute atomic E-state index is 5.68. The van der Waals surface area contributed by atoms with Gasteiger partial charge in [-0.2, -0.15) is 0 Å². The first-order valence-electron chi connectivity index (χ1n) is 6.80. The zero-order valence-electron chi connectivity index (χ0n) is 11.4. The molecule has 0 radical (unpaired) electrons. The highest BCUT2D eigenvalue weighted by Gasteiger charge is 2.16. The van der Waals surface area contributed by atoms with Crippen LogP contribution in [0.25, 0.3) is 11.1 Å². The van der Waals surface area contributed by atoms with Crippen LogP contribution in [0.3, 0.4) is 0 Å². The third-order valence-corrected chi connectivity index (χ3v) is 3.69. The lowest BCUT2D eigenvalue weighted by molar-refractivity contribution is 0.317. The van der Waals surface area contributed by atoms with Crippen LogP contribution in [0.5, 0.6) is 11.5 Å². The minimum Gasteiger partial charge on any atom is -0.494 e. The Balaban J connectivity index is 1.89. The van der Waals surface area contributed by atoms with Crippen molar-refractivity contribution in [3.63, 3.8) is 0 Å². The average molecular weight is 287 g/mol. The molecule has 0 saturated heterocycles. The van der Waals surface area contributed by atoms with E-state index in [-0.39, 0.29) is 0 Å². The number of nitrogens with one attached hydrogen (secondary N) is 1. The Bertz CT molecular complexity index is 584. The number of fused-ring (bicyclic) bond motifs is 1. The summed E-state index contributed by atoms with van der Waals surface area (Å²) in [7, 11) is 0. The summed E-state index contributed by atoms with van der Waals surface area (Å²) in [5.74, 6) is 1.87. The van der Waals surface area contributed by atoms with Crippen molar-refractivity contribution in [3.8, 4) is 22.6 Å². The molecular weight excluding hydrogens is 270 g/mol. The highest BCUT2D eigenvalue weighted by Crippen LogP contribution is 2.37. The molecule has 3 nitrogen and oxygen atoms in total. The maximum Gasteiger partial charge on any atom is 0.151 e. The van der Waals surface area contributed by atoms with Gasteiger partial charge in [-0.3, -0.25) is 0 Å². The molecular formula is C16H17NO2S. The summed E-state index contributed by atoms with van der Waals surface area (Å²) < 4.78 is 14.4. The van der Waals surface area contributed by atoms with Gasteiger partial charge in [-0.15, -0.1) is 0 Å². The molecule has 0 amide bonds. The van der Waals surface area contributed by atoms with Gasteiger partial charge in [0, 0.05) is 17.7 Å². The van der Waals surface area contributed by atoms with Crippen molar-refractivity contribution in [2.45, 2.75) is 19.9 Å². The summed E-state index contributed by atoms with van der Waals surface area (Å²) in [5.41, 5.74) is 3.46. The summed E-state index contributed by atoms with van der Waals surface area (Å²) >= 11 is 1.29. The van der Waals surface area contributed by atoms with Crippen LogP contribution in [0.1, 0.15) is 18.9 Å². The molecule has 0 atom stereocenters. The molecule has 0 aromatic heterocycles. The van der Waals surface area contributed by atoms with E-state index in [1.807, 2.05) is 12.1 Å². The Labute approximate surface area is 123 Å². The molecule has 0 unspecified atom stereocenters. The van der Waals surface area contributed by atoms with Gasteiger partial charge < -0.3 is 8.92 Å². The fourth-order valence-electron chi connectivity index (χ4n) is 2.18. The first-order valence-corrected chi connectivity index (χ1v) is 7.54. The Hall–Kier alpha value is -1.65. The second-order valence-corrected chi connectivity index (χ2v) is 5.28. The Morgan fingerprint density at radius 3 is 2.85 bits per heavy atom. The van der Waals surface area contributed by atoms with Crippen LogP contribution in [0.4, 0.5) is 0 Å². The van der Waals surface area contributed by atoms with E-state index in [0.717, 1.165) is 42.2 Å². The monoisotopic (exact) mass is 287 g/mol. The van der Waals surface area contributed by atoms with E-state index in [4.69, 9.17) is 8.92 Å². The van der Waals surface area contributed by atoms with Crippen molar-refractivity contribution in [2.24, 2.45) is 0 Å². The van der Waals surface area contributed by atoms with Gasteiger partial charge >= 0.3 is 0 Å². The van der Waals surface area contributed by atoms with Gasteiger partial charge in [0.05, 0.1) is 6.61 Å². The molecule has 2 aromatic rings. The van der Waals surface area contributed by atoms with E-state index in [0.29, 0.717) is 0 Å². The van der Waals surface area contributed by atoms with Crippen molar-refractivity contribution < 1.29 is 8.92 Å².